The van der Waals surface area contributed by atoms with Crippen molar-refractivity contribution in [3.8, 4) is 0 Å². The zero-order chi connectivity index (χ0) is 20.5. The zero-order valence-electron chi connectivity index (χ0n) is 15.5. The van der Waals surface area contributed by atoms with Crippen molar-refractivity contribution in [2.24, 2.45) is 0 Å². The molecule has 7 nitrogen and oxygen atoms in total. The van der Waals surface area contributed by atoms with Gasteiger partial charge in [-0.1, -0.05) is 42.1 Å². The Labute approximate surface area is 179 Å². The van der Waals surface area contributed by atoms with Crippen LogP contribution in [0.2, 0.25) is 0 Å². The van der Waals surface area contributed by atoms with E-state index in [1.807, 2.05) is 52.9 Å². The van der Waals surface area contributed by atoms with Gasteiger partial charge in [-0.25, -0.2) is 9.97 Å². The fourth-order valence-corrected chi connectivity index (χ4v) is 4.60. The number of carbonyl (C=O) groups excluding carboxylic acids is 2. The molecule has 30 heavy (non-hydrogen) atoms. The predicted molar refractivity (Wildman–Crippen MR) is 119 cm³/mol. The Kier molecular flexibility index (Phi) is 4.82. The molecule has 3 heterocycles. The first-order valence-corrected chi connectivity index (χ1v) is 11.0. The third-order valence-corrected chi connectivity index (χ3v) is 6.31. The number of fused-ring (bicyclic) bond motifs is 5. The van der Waals surface area contributed by atoms with Gasteiger partial charge in [0.2, 0.25) is 5.91 Å². The van der Waals surface area contributed by atoms with E-state index in [-0.39, 0.29) is 17.6 Å². The Morgan fingerprint density at radius 1 is 0.933 bits per heavy atom. The third-order valence-electron chi connectivity index (χ3n) is 4.51. The van der Waals surface area contributed by atoms with Crippen molar-refractivity contribution < 1.29 is 9.59 Å². The molecule has 5 rings (SSSR count). The van der Waals surface area contributed by atoms with Gasteiger partial charge in [-0.3, -0.25) is 24.8 Å². The number of rotatable bonds is 4. The number of nitrogens with zero attached hydrogens (tertiary/aromatic N) is 3. The molecule has 0 unspecified atom stereocenters. The summed E-state index contributed by atoms with van der Waals surface area (Å²) in [6, 6.07) is 19.1. The minimum atomic E-state index is -0.338. The van der Waals surface area contributed by atoms with Crippen LogP contribution in [0.3, 0.4) is 0 Å². The monoisotopic (exact) mass is 433 g/mol. The molecule has 0 saturated heterocycles. The number of amides is 2. The molecular formula is C21H15N5O2S2. The van der Waals surface area contributed by atoms with Crippen LogP contribution in [0.5, 0.6) is 0 Å². The molecular weight excluding hydrogens is 418 g/mol. The van der Waals surface area contributed by atoms with E-state index in [4.69, 9.17) is 9.97 Å². The number of thiophene rings is 1. The van der Waals surface area contributed by atoms with Crippen molar-refractivity contribution in [3.63, 3.8) is 0 Å². The highest BCUT2D eigenvalue weighted by atomic mass is 32.2. The van der Waals surface area contributed by atoms with Crippen LogP contribution in [0.25, 0.3) is 27.6 Å². The zero-order valence-corrected chi connectivity index (χ0v) is 17.2. The van der Waals surface area contributed by atoms with E-state index in [0.29, 0.717) is 10.0 Å². The van der Waals surface area contributed by atoms with Gasteiger partial charge in [-0.05, 0) is 35.7 Å². The minimum absolute atomic E-state index is 0.0949. The van der Waals surface area contributed by atoms with Gasteiger partial charge in [0.25, 0.3) is 5.91 Å². The summed E-state index contributed by atoms with van der Waals surface area (Å²) in [5.74, 6) is -0.565. The van der Waals surface area contributed by atoms with Crippen LogP contribution in [0, 0.1) is 0 Å². The molecule has 0 aliphatic carbocycles. The molecule has 0 aliphatic rings. The Balaban J connectivity index is 1.42. The largest absolute Gasteiger partial charge is 0.279 e. The Morgan fingerprint density at radius 3 is 2.57 bits per heavy atom. The fourth-order valence-electron chi connectivity index (χ4n) is 3.17. The second-order valence-corrected chi connectivity index (χ2v) is 8.33. The van der Waals surface area contributed by atoms with Gasteiger partial charge in [0.15, 0.2) is 5.16 Å². The van der Waals surface area contributed by atoms with E-state index in [2.05, 4.69) is 10.9 Å². The summed E-state index contributed by atoms with van der Waals surface area (Å²) in [5, 5.41) is 3.42. The molecule has 0 spiro atoms. The first-order chi connectivity index (χ1) is 14.7. The number of para-hydroxylation sites is 3. The van der Waals surface area contributed by atoms with Crippen molar-refractivity contribution in [3.05, 3.63) is 70.9 Å². The number of benzene rings is 2. The third kappa shape index (κ3) is 3.38. The summed E-state index contributed by atoms with van der Waals surface area (Å²) in [5.41, 5.74) is 8.30. The van der Waals surface area contributed by atoms with Gasteiger partial charge in [0.1, 0.15) is 5.65 Å². The molecule has 148 valence electrons. The first-order valence-electron chi connectivity index (χ1n) is 9.12. The molecule has 0 fully saturated rings. The molecule has 9 heteroatoms. The van der Waals surface area contributed by atoms with Gasteiger partial charge in [0, 0.05) is 5.39 Å². The van der Waals surface area contributed by atoms with Crippen LogP contribution in [0.4, 0.5) is 0 Å². The van der Waals surface area contributed by atoms with Gasteiger partial charge >= 0.3 is 0 Å². The molecule has 0 radical (unpaired) electrons. The summed E-state index contributed by atoms with van der Waals surface area (Å²) in [7, 11) is 0. The number of nitrogens with one attached hydrogen (secondary N) is 2. The Hall–Kier alpha value is -3.43. The quantitative estimate of drug-likeness (QED) is 0.257. The lowest BCUT2D eigenvalue weighted by molar-refractivity contribution is -0.119. The molecule has 0 saturated carbocycles. The maximum atomic E-state index is 12.3. The summed E-state index contributed by atoms with van der Waals surface area (Å²) in [4.78, 5) is 34.3. The van der Waals surface area contributed by atoms with Crippen LogP contribution in [-0.2, 0) is 4.79 Å². The van der Waals surface area contributed by atoms with E-state index < -0.39 is 0 Å². The maximum absolute atomic E-state index is 12.3. The molecule has 0 aliphatic heterocycles. The SMILES string of the molecule is O=C(CSc1nc2ccccc2c2nc3ccccc3n12)NNC(=O)c1cccs1. The number of aromatic nitrogens is 3. The summed E-state index contributed by atoms with van der Waals surface area (Å²) in [6.07, 6.45) is 0. The number of hydrazine groups is 1. The van der Waals surface area contributed by atoms with Crippen molar-refractivity contribution in [2.45, 2.75) is 5.16 Å². The normalized spacial score (nSPS) is 11.2. The Morgan fingerprint density at radius 2 is 1.73 bits per heavy atom. The van der Waals surface area contributed by atoms with Crippen molar-refractivity contribution in [1.29, 1.82) is 0 Å². The van der Waals surface area contributed by atoms with Crippen molar-refractivity contribution >= 4 is 62.5 Å². The number of imidazole rings is 1. The van der Waals surface area contributed by atoms with Crippen LogP contribution >= 0.6 is 23.1 Å². The molecule has 2 amide bonds. The van der Waals surface area contributed by atoms with Crippen molar-refractivity contribution in [1.82, 2.24) is 25.2 Å². The number of hydrogen-bond donors (Lipinski definition) is 2. The van der Waals surface area contributed by atoms with E-state index in [9.17, 15) is 9.59 Å². The molecule has 5 aromatic rings. The maximum Gasteiger partial charge on any atom is 0.279 e. The molecule has 0 atom stereocenters. The standard InChI is InChI=1S/C21H15N5O2S2/c27-18(24-25-20(28)17-10-5-11-29-17)12-30-21-23-14-7-2-1-6-13(14)19-22-15-8-3-4-9-16(15)26(19)21/h1-11H,12H2,(H,24,27)(H,25,28). The van der Waals surface area contributed by atoms with Gasteiger partial charge < -0.3 is 0 Å². The second kappa shape index (κ2) is 7.77. The van der Waals surface area contributed by atoms with Crippen LogP contribution in [0.1, 0.15) is 9.67 Å². The highest BCUT2D eigenvalue weighted by molar-refractivity contribution is 7.99. The summed E-state index contributed by atoms with van der Waals surface area (Å²) >= 11 is 2.60. The predicted octanol–water partition coefficient (Wildman–Crippen LogP) is 3.65. The average molecular weight is 434 g/mol. The first kappa shape index (κ1) is 18.6. The van der Waals surface area contributed by atoms with Crippen LogP contribution in [0.15, 0.2) is 71.2 Å². The van der Waals surface area contributed by atoms with Crippen LogP contribution in [-0.4, -0.2) is 31.9 Å². The molecule has 3 aromatic heterocycles. The number of thioether (sulfide) groups is 1. The summed E-state index contributed by atoms with van der Waals surface area (Å²) in [6.45, 7) is 0. The number of hydrogen-bond acceptors (Lipinski definition) is 6. The molecule has 2 aromatic carbocycles. The van der Waals surface area contributed by atoms with Gasteiger partial charge in [-0.15, -0.1) is 11.3 Å². The lowest BCUT2D eigenvalue weighted by atomic mass is 10.2. The van der Waals surface area contributed by atoms with Crippen LogP contribution < -0.4 is 10.9 Å². The van der Waals surface area contributed by atoms with Gasteiger partial charge in [0.05, 0.1) is 27.2 Å². The summed E-state index contributed by atoms with van der Waals surface area (Å²) < 4.78 is 1.97. The van der Waals surface area contributed by atoms with E-state index in [1.54, 1.807) is 17.5 Å². The fraction of sp³-hybridized carbons (Fsp3) is 0.0476. The van der Waals surface area contributed by atoms with E-state index in [0.717, 1.165) is 27.6 Å². The average Bonchev–Trinajstić information content (AvgIpc) is 3.44. The Bertz CT molecular complexity index is 1400. The second-order valence-electron chi connectivity index (χ2n) is 6.44. The smallest absolute Gasteiger partial charge is 0.272 e. The molecule has 0 bridgehead atoms. The highest BCUT2D eigenvalue weighted by Crippen LogP contribution is 2.28. The van der Waals surface area contributed by atoms with Crippen molar-refractivity contribution in [2.75, 3.05) is 5.75 Å². The van der Waals surface area contributed by atoms with E-state index in [1.165, 1.54) is 23.1 Å². The topological polar surface area (TPSA) is 88.4 Å². The van der Waals surface area contributed by atoms with Gasteiger partial charge in [-0.2, -0.15) is 0 Å². The highest BCUT2D eigenvalue weighted by Gasteiger charge is 2.15. The lowest BCUT2D eigenvalue weighted by Crippen LogP contribution is -2.42. The molecule has 2 N–H and O–H groups in total. The minimum Gasteiger partial charge on any atom is -0.272 e. The number of carbonyl (C=O) groups is 2. The lowest BCUT2D eigenvalue weighted by Gasteiger charge is -2.09. The van der Waals surface area contributed by atoms with E-state index >= 15 is 0 Å².